The molecule has 294 valence electrons. The van der Waals surface area contributed by atoms with Gasteiger partial charge in [0.15, 0.2) is 0 Å². The Bertz CT molecular complexity index is 2620. The summed E-state index contributed by atoms with van der Waals surface area (Å²) in [6.45, 7) is 4.94. The Kier molecular flexibility index (Phi) is 10.6. The van der Waals surface area contributed by atoms with Crippen LogP contribution in [0.15, 0.2) is 53.4 Å². The minimum Gasteiger partial charge on any atom is -0.493 e. The molecule has 5 heterocycles. The number of hydrogen-bond donors (Lipinski definition) is 2. The first-order valence-electron chi connectivity index (χ1n) is 18.2. The molecule has 0 saturated heterocycles. The van der Waals surface area contributed by atoms with Crippen LogP contribution >= 0.6 is 23.4 Å². The number of thioether (sulfide) groups is 1. The van der Waals surface area contributed by atoms with Gasteiger partial charge in [-0.2, -0.15) is 10.2 Å². The summed E-state index contributed by atoms with van der Waals surface area (Å²) >= 11 is 8.71. The van der Waals surface area contributed by atoms with Crippen molar-refractivity contribution >= 4 is 61.0 Å². The molecule has 3 aromatic carbocycles. The number of aromatic carboxylic acids is 1. The SMILES string of the molecule is Cc1c(C(=O)O)n2c3ccc(Cl)c(c13)-c1c(nn3c1COCC3)CN(CCNS(C)(=O)=O)Cc1cc(n(C)n1)CSc1cc(c3ccc(F)cc3c1)OCCC2. The lowest BCUT2D eigenvalue weighted by Crippen LogP contribution is -2.34. The van der Waals surface area contributed by atoms with Gasteiger partial charge >= 0.3 is 5.97 Å². The molecule has 17 heteroatoms. The molecule has 0 radical (unpaired) electrons. The summed E-state index contributed by atoms with van der Waals surface area (Å²) in [6, 6.07) is 14.2. The molecule has 0 saturated carbocycles. The number of hydrogen-bond acceptors (Lipinski definition) is 9. The van der Waals surface area contributed by atoms with E-state index in [1.807, 2.05) is 45.2 Å². The molecule has 2 aliphatic heterocycles. The predicted molar refractivity (Wildman–Crippen MR) is 213 cm³/mol. The van der Waals surface area contributed by atoms with Crippen LogP contribution in [-0.4, -0.2) is 81.1 Å². The smallest absolute Gasteiger partial charge is 0.352 e. The molecular weight excluding hydrogens is 781 g/mol. The topological polar surface area (TPSA) is 146 Å². The van der Waals surface area contributed by atoms with Crippen LogP contribution in [0.25, 0.3) is 32.8 Å². The fourth-order valence-electron chi connectivity index (χ4n) is 7.84. The van der Waals surface area contributed by atoms with Gasteiger partial charge in [0.1, 0.15) is 17.3 Å². The van der Waals surface area contributed by atoms with Crippen molar-refractivity contribution < 1.29 is 32.2 Å². The number of fused-ring (bicyclic) bond motifs is 10. The zero-order chi connectivity index (χ0) is 39.3. The van der Waals surface area contributed by atoms with Crippen molar-refractivity contribution in [2.24, 2.45) is 7.05 Å². The zero-order valence-electron chi connectivity index (χ0n) is 31.1. The van der Waals surface area contributed by atoms with Gasteiger partial charge in [-0.1, -0.05) is 11.6 Å². The van der Waals surface area contributed by atoms with Crippen LogP contribution in [0.5, 0.6) is 5.75 Å². The molecule has 56 heavy (non-hydrogen) atoms. The third kappa shape index (κ3) is 7.65. The Hall–Kier alpha value is -4.45. The van der Waals surface area contributed by atoms with E-state index in [9.17, 15) is 22.7 Å². The van der Waals surface area contributed by atoms with Crippen molar-refractivity contribution in [1.82, 2.24) is 33.8 Å². The standard InChI is InChI=1S/C39H41ClFN7O6S2/c1-23-35-32-8-7-30(40)36(35)37-31(44-48-12-14-53-21-33(37)48)20-46(11-9-42-56(3,51)52)19-26-17-27(45(2)43-26)22-55-28-16-24-15-25(41)5-6-29(24)34(18-28)54-13-4-10-47(32)38(23)39(49)50/h5-8,15-18,42H,4,9-14,19-22H2,1-3H3,(H,49,50). The minimum atomic E-state index is -3.45. The van der Waals surface area contributed by atoms with E-state index in [-0.39, 0.29) is 31.3 Å². The van der Waals surface area contributed by atoms with Crippen LogP contribution < -0.4 is 9.46 Å². The quantitative estimate of drug-likeness (QED) is 0.202. The lowest BCUT2D eigenvalue weighted by atomic mass is 9.96. The van der Waals surface area contributed by atoms with E-state index >= 15 is 0 Å². The van der Waals surface area contributed by atoms with Crippen LogP contribution in [0.2, 0.25) is 5.02 Å². The van der Waals surface area contributed by atoms with Gasteiger partial charge in [0.2, 0.25) is 10.0 Å². The molecule has 8 bridgehead atoms. The highest BCUT2D eigenvalue weighted by atomic mass is 35.5. The Balaban J connectivity index is 1.29. The lowest BCUT2D eigenvalue weighted by Gasteiger charge is -2.22. The summed E-state index contributed by atoms with van der Waals surface area (Å²) in [7, 11) is -1.56. The third-order valence-corrected chi connectivity index (χ3v) is 12.3. The molecule has 6 aromatic rings. The van der Waals surface area contributed by atoms with Gasteiger partial charge in [0, 0.05) is 88.6 Å². The lowest BCUT2D eigenvalue weighted by molar-refractivity contribution is 0.0684. The highest BCUT2D eigenvalue weighted by molar-refractivity contribution is 7.98. The van der Waals surface area contributed by atoms with Crippen LogP contribution in [0.3, 0.4) is 0 Å². The number of carboxylic acids is 1. The number of aromatic nitrogens is 5. The van der Waals surface area contributed by atoms with E-state index in [2.05, 4.69) is 9.62 Å². The summed E-state index contributed by atoms with van der Waals surface area (Å²) in [5.74, 6) is -0.218. The summed E-state index contributed by atoms with van der Waals surface area (Å²) in [5.41, 5.74) is 6.17. The van der Waals surface area contributed by atoms with E-state index in [0.29, 0.717) is 95.4 Å². The maximum atomic E-state index is 14.4. The van der Waals surface area contributed by atoms with E-state index in [1.165, 1.54) is 12.1 Å². The van der Waals surface area contributed by atoms with Crippen molar-refractivity contribution in [2.75, 3.05) is 32.6 Å². The van der Waals surface area contributed by atoms with Crippen molar-refractivity contribution in [3.8, 4) is 16.9 Å². The first-order valence-corrected chi connectivity index (χ1v) is 21.5. The van der Waals surface area contributed by atoms with Gasteiger partial charge in [-0.15, -0.1) is 11.8 Å². The average Bonchev–Trinajstić information content (AvgIpc) is 3.77. The van der Waals surface area contributed by atoms with Crippen LogP contribution in [0, 0.1) is 12.7 Å². The second-order valence-corrected chi connectivity index (χ2v) is 17.5. The van der Waals surface area contributed by atoms with Gasteiger partial charge in [-0.25, -0.2) is 22.3 Å². The van der Waals surface area contributed by atoms with Crippen molar-refractivity contribution in [3.05, 3.63) is 93.4 Å². The molecular formula is C39H41ClFN7O6S2. The number of aryl methyl sites for hydroxylation is 3. The molecule has 3 aromatic heterocycles. The summed E-state index contributed by atoms with van der Waals surface area (Å²) in [6.07, 6.45) is 1.62. The van der Waals surface area contributed by atoms with Crippen LogP contribution in [-0.2, 0) is 60.3 Å². The number of nitrogens with zero attached hydrogens (tertiary/aromatic N) is 6. The van der Waals surface area contributed by atoms with Crippen molar-refractivity contribution in [3.63, 3.8) is 0 Å². The van der Waals surface area contributed by atoms with Crippen LogP contribution in [0.4, 0.5) is 4.39 Å². The van der Waals surface area contributed by atoms with Gasteiger partial charge in [-0.05, 0) is 72.8 Å². The van der Waals surface area contributed by atoms with E-state index in [4.69, 9.17) is 31.3 Å². The molecule has 0 aliphatic carbocycles. The molecule has 2 N–H and O–H groups in total. The molecule has 0 fully saturated rings. The van der Waals surface area contributed by atoms with Gasteiger partial charge in [0.05, 0.1) is 49.7 Å². The number of nitrogens with one attached hydrogen (secondary N) is 1. The molecule has 8 rings (SSSR count). The van der Waals surface area contributed by atoms with Gasteiger partial charge in [-0.3, -0.25) is 14.3 Å². The fraction of sp³-hybridized carbons (Fsp3) is 0.359. The monoisotopic (exact) mass is 821 g/mol. The Morgan fingerprint density at radius 3 is 2.71 bits per heavy atom. The zero-order valence-corrected chi connectivity index (χ0v) is 33.5. The fourth-order valence-corrected chi connectivity index (χ4v) is 9.54. The summed E-state index contributed by atoms with van der Waals surface area (Å²) in [5, 5.41) is 23.2. The predicted octanol–water partition coefficient (Wildman–Crippen LogP) is 6.35. The normalized spacial score (nSPS) is 15.7. The highest BCUT2D eigenvalue weighted by Gasteiger charge is 2.30. The first kappa shape index (κ1) is 38.4. The maximum Gasteiger partial charge on any atom is 0.352 e. The molecule has 2 aliphatic rings. The van der Waals surface area contributed by atoms with Gasteiger partial charge in [0.25, 0.3) is 0 Å². The molecule has 0 amide bonds. The maximum absolute atomic E-state index is 14.4. The molecule has 0 spiro atoms. The Labute approximate surface area is 332 Å². The number of halogens is 2. The number of carbonyl (C=O) groups is 1. The van der Waals surface area contributed by atoms with E-state index in [1.54, 1.807) is 30.8 Å². The number of benzene rings is 3. The summed E-state index contributed by atoms with van der Waals surface area (Å²) < 4.78 is 59.2. The van der Waals surface area contributed by atoms with Crippen molar-refractivity contribution in [2.45, 2.75) is 56.8 Å². The molecule has 0 unspecified atom stereocenters. The van der Waals surface area contributed by atoms with Crippen LogP contribution in [0.1, 0.15) is 45.2 Å². The second-order valence-electron chi connectivity index (χ2n) is 14.2. The minimum absolute atomic E-state index is 0.156. The Morgan fingerprint density at radius 1 is 1.07 bits per heavy atom. The number of carboxylic acid groups (broad SMARTS) is 1. The highest BCUT2D eigenvalue weighted by Crippen LogP contribution is 2.44. The first-order chi connectivity index (χ1) is 26.8. The Morgan fingerprint density at radius 2 is 1.91 bits per heavy atom. The second kappa shape index (κ2) is 15.5. The van der Waals surface area contributed by atoms with Gasteiger partial charge < -0.3 is 19.1 Å². The van der Waals surface area contributed by atoms with E-state index in [0.717, 1.165) is 39.2 Å². The molecule has 13 nitrogen and oxygen atoms in total. The molecule has 0 atom stereocenters. The largest absolute Gasteiger partial charge is 0.493 e. The van der Waals surface area contributed by atoms with Crippen molar-refractivity contribution in [1.29, 1.82) is 0 Å². The number of rotatable bonds is 5. The summed E-state index contributed by atoms with van der Waals surface area (Å²) in [4.78, 5) is 16.0. The number of sulfonamides is 1. The van der Waals surface area contributed by atoms with E-state index < -0.39 is 16.0 Å². The number of ether oxygens (including phenoxy) is 2. The third-order valence-electron chi connectivity index (χ3n) is 10.3. The average molecular weight is 822 g/mol.